The lowest BCUT2D eigenvalue weighted by molar-refractivity contribution is -0.118. The fourth-order valence-electron chi connectivity index (χ4n) is 2.24. The van der Waals surface area contributed by atoms with Gasteiger partial charge in [-0.2, -0.15) is 0 Å². The van der Waals surface area contributed by atoms with E-state index in [1.807, 2.05) is 41.9 Å². The summed E-state index contributed by atoms with van der Waals surface area (Å²) in [7, 11) is 1.92. The lowest BCUT2D eigenvalue weighted by atomic mass is 10.2. The van der Waals surface area contributed by atoms with Crippen LogP contribution in [0.5, 0.6) is 0 Å². The number of thioether (sulfide) groups is 1. The van der Waals surface area contributed by atoms with Crippen LogP contribution in [0.25, 0.3) is 11.4 Å². The van der Waals surface area contributed by atoms with Crippen LogP contribution in [0.15, 0.2) is 35.5 Å². The van der Waals surface area contributed by atoms with Crippen molar-refractivity contribution in [3.8, 4) is 11.4 Å². The molecule has 124 valence electrons. The number of aromatic nitrogens is 3. The highest BCUT2D eigenvalue weighted by Gasteiger charge is 2.12. The Morgan fingerprint density at radius 2 is 1.96 bits per heavy atom. The van der Waals surface area contributed by atoms with Crippen molar-refractivity contribution in [3.63, 3.8) is 0 Å². The molecule has 1 aromatic carbocycles. The van der Waals surface area contributed by atoms with E-state index < -0.39 is 0 Å². The molecule has 0 aliphatic carbocycles. The molecule has 0 aliphatic rings. The molecule has 0 atom stereocenters. The molecule has 1 N–H and O–H groups in total. The maximum Gasteiger partial charge on any atom is 0.230 e. The van der Waals surface area contributed by atoms with Gasteiger partial charge in [0.2, 0.25) is 5.91 Å². The molecule has 2 aromatic rings. The summed E-state index contributed by atoms with van der Waals surface area (Å²) in [5.41, 5.74) is 1.02. The maximum absolute atomic E-state index is 11.8. The number of hydrogen-bond acceptors (Lipinski definition) is 4. The SMILES string of the molecule is CCCCCCNC(=O)CSc1nnc(-c2ccccc2)n1C. The van der Waals surface area contributed by atoms with Crippen LogP contribution in [0, 0.1) is 0 Å². The highest BCUT2D eigenvalue weighted by Crippen LogP contribution is 2.22. The number of carbonyl (C=O) groups excluding carboxylic acids is 1. The highest BCUT2D eigenvalue weighted by atomic mass is 32.2. The molecule has 23 heavy (non-hydrogen) atoms. The summed E-state index contributed by atoms with van der Waals surface area (Å²) in [5, 5.41) is 12.1. The van der Waals surface area contributed by atoms with E-state index in [1.165, 1.54) is 31.0 Å². The van der Waals surface area contributed by atoms with Gasteiger partial charge in [0, 0.05) is 19.2 Å². The number of rotatable bonds is 9. The molecule has 0 fully saturated rings. The van der Waals surface area contributed by atoms with E-state index in [-0.39, 0.29) is 5.91 Å². The van der Waals surface area contributed by atoms with Gasteiger partial charge in [-0.05, 0) is 6.42 Å². The minimum Gasteiger partial charge on any atom is -0.355 e. The summed E-state index contributed by atoms with van der Waals surface area (Å²) in [6, 6.07) is 9.93. The van der Waals surface area contributed by atoms with E-state index in [1.54, 1.807) is 0 Å². The van der Waals surface area contributed by atoms with Crippen molar-refractivity contribution in [3.05, 3.63) is 30.3 Å². The fourth-order valence-corrected chi connectivity index (χ4v) is 2.98. The molecule has 1 amide bonds. The number of benzene rings is 1. The van der Waals surface area contributed by atoms with Gasteiger partial charge in [-0.3, -0.25) is 4.79 Å². The predicted octanol–water partition coefficient (Wildman–Crippen LogP) is 3.27. The first-order valence-corrected chi connectivity index (χ1v) is 9.05. The quantitative estimate of drug-likeness (QED) is 0.565. The van der Waals surface area contributed by atoms with Crippen LogP contribution in [0.2, 0.25) is 0 Å². The van der Waals surface area contributed by atoms with Crippen molar-refractivity contribution < 1.29 is 4.79 Å². The Bertz CT molecular complexity index is 612. The average molecular weight is 332 g/mol. The van der Waals surface area contributed by atoms with Gasteiger partial charge in [0.15, 0.2) is 11.0 Å². The standard InChI is InChI=1S/C17H24N4OS/c1-3-4-5-9-12-18-15(22)13-23-17-20-19-16(21(17)2)14-10-7-6-8-11-14/h6-8,10-11H,3-5,9,12-13H2,1-2H3,(H,18,22). The molecule has 0 bridgehead atoms. The molecule has 0 aliphatic heterocycles. The third kappa shape index (κ3) is 5.39. The summed E-state index contributed by atoms with van der Waals surface area (Å²) in [6.45, 7) is 2.94. The molecule has 5 nitrogen and oxygen atoms in total. The summed E-state index contributed by atoms with van der Waals surface area (Å²) >= 11 is 1.42. The van der Waals surface area contributed by atoms with Crippen molar-refractivity contribution in [2.75, 3.05) is 12.3 Å². The van der Waals surface area contributed by atoms with Crippen LogP contribution in [0.1, 0.15) is 32.6 Å². The van der Waals surface area contributed by atoms with Gasteiger partial charge in [-0.15, -0.1) is 10.2 Å². The first-order chi connectivity index (χ1) is 11.2. The van der Waals surface area contributed by atoms with Gasteiger partial charge in [-0.25, -0.2) is 0 Å². The van der Waals surface area contributed by atoms with E-state index in [2.05, 4.69) is 22.4 Å². The van der Waals surface area contributed by atoms with Gasteiger partial charge in [0.1, 0.15) is 0 Å². The molecular formula is C17H24N4OS. The Morgan fingerprint density at radius 3 is 2.70 bits per heavy atom. The number of carbonyl (C=O) groups is 1. The number of nitrogens with one attached hydrogen (secondary N) is 1. The van der Waals surface area contributed by atoms with Crippen molar-refractivity contribution in [2.45, 2.75) is 37.8 Å². The van der Waals surface area contributed by atoms with Crippen molar-refractivity contribution in [2.24, 2.45) is 7.05 Å². The zero-order valence-corrected chi connectivity index (χ0v) is 14.6. The highest BCUT2D eigenvalue weighted by molar-refractivity contribution is 7.99. The number of unbranched alkanes of at least 4 members (excludes halogenated alkanes) is 3. The Hall–Kier alpha value is -1.82. The Balaban J connectivity index is 1.80. The molecule has 1 heterocycles. The van der Waals surface area contributed by atoms with Gasteiger partial charge in [-0.1, -0.05) is 68.3 Å². The van der Waals surface area contributed by atoms with Crippen LogP contribution in [-0.2, 0) is 11.8 Å². The summed E-state index contributed by atoms with van der Waals surface area (Å²) in [6.07, 6.45) is 4.66. The van der Waals surface area contributed by atoms with Crippen LogP contribution >= 0.6 is 11.8 Å². The Morgan fingerprint density at radius 1 is 1.17 bits per heavy atom. The van der Waals surface area contributed by atoms with Gasteiger partial charge < -0.3 is 9.88 Å². The second-order valence-corrected chi connectivity index (χ2v) is 6.37. The summed E-state index contributed by atoms with van der Waals surface area (Å²) in [5.74, 6) is 1.23. The molecule has 0 saturated heterocycles. The van der Waals surface area contributed by atoms with E-state index >= 15 is 0 Å². The normalized spacial score (nSPS) is 10.7. The van der Waals surface area contributed by atoms with Crippen LogP contribution in [0.4, 0.5) is 0 Å². The second-order valence-electron chi connectivity index (χ2n) is 5.43. The monoisotopic (exact) mass is 332 g/mol. The van der Waals surface area contributed by atoms with E-state index in [0.717, 1.165) is 29.5 Å². The molecule has 2 rings (SSSR count). The Kier molecular flexibility index (Phi) is 7.13. The lowest BCUT2D eigenvalue weighted by Gasteiger charge is -2.05. The van der Waals surface area contributed by atoms with Gasteiger partial charge in [0.25, 0.3) is 0 Å². The van der Waals surface area contributed by atoms with Gasteiger partial charge >= 0.3 is 0 Å². The van der Waals surface area contributed by atoms with E-state index in [9.17, 15) is 4.79 Å². The van der Waals surface area contributed by atoms with Crippen LogP contribution < -0.4 is 5.32 Å². The molecule has 0 unspecified atom stereocenters. The van der Waals surface area contributed by atoms with Crippen LogP contribution in [-0.4, -0.2) is 33.0 Å². The molecule has 0 radical (unpaired) electrons. The summed E-state index contributed by atoms with van der Waals surface area (Å²) in [4.78, 5) is 11.8. The maximum atomic E-state index is 11.8. The fraction of sp³-hybridized carbons (Fsp3) is 0.471. The van der Waals surface area contributed by atoms with E-state index in [4.69, 9.17) is 0 Å². The second kappa shape index (κ2) is 9.35. The third-order valence-electron chi connectivity index (χ3n) is 3.55. The number of hydrogen-bond donors (Lipinski definition) is 1. The molecular weight excluding hydrogens is 308 g/mol. The zero-order chi connectivity index (χ0) is 16.5. The third-order valence-corrected chi connectivity index (χ3v) is 4.57. The lowest BCUT2D eigenvalue weighted by Crippen LogP contribution is -2.26. The molecule has 1 aromatic heterocycles. The zero-order valence-electron chi connectivity index (χ0n) is 13.8. The topological polar surface area (TPSA) is 59.8 Å². The van der Waals surface area contributed by atoms with Crippen molar-refractivity contribution in [1.29, 1.82) is 0 Å². The van der Waals surface area contributed by atoms with Crippen molar-refractivity contribution >= 4 is 17.7 Å². The smallest absolute Gasteiger partial charge is 0.230 e. The number of nitrogens with zero attached hydrogens (tertiary/aromatic N) is 3. The minimum atomic E-state index is 0.0516. The average Bonchev–Trinajstić information content (AvgIpc) is 2.94. The first-order valence-electron chi connectivity index (χ1n) is 8.06. The Labute approximate surface area is 141 Å². The van der Waals surface area contributed by atoms with E-state index in [0.29, 0.717) is 5.75 Å². The molecule has 0 saturated carbocycles. The van der Waals surface area contributed by atoms with Crippen LogP contribution in [0.3, 0.4) is 0 Å². The van der Waals surface area contributed by atoms with Crippen molar-refractivity contribution in [1.82, 2.24) is 20.1 Å². The molecule has 6 heteroatoms. The predicted molar refractivity (Wildman–Crippen MR) is 94.3 cm³/mol. The van der Waals surface area contributed by atoms with Gasteiger partial charge in [0.05, 0.1) is 5.75 Å². The number of amides is 1. The first kappa shape index (κ1) is 17.5. The largest absolute Gasteiger partial charge is 0.355 e. The minimum absolute atomic E-state index is 0.0516. The molecule has 0 spiro atoms. The summed E-state index contributed by atoms with van der Waals surface area (Å²) < 4.78 is 1.93.